The molecule has 3 unspecified atom stereocenters. The number of likely N-dealkylation sites (tertiary alicyclic amines) is 2. The van der Waals surface area contributed by atoms with Gasteiger partial charge in [0.25, 0.3) is 0 Å². The van der Waals surface area contributed by atoms with E-state index >= 15 is 0 Å². The summed E-state index contributed by atoms with van der Waals surface area (Å²) in [4.78, 5) is 27.3. The molecule has 0 radical (unpaired) electrons. The Bertz CT molecular complexity index is 375. The molecular formula is C14H25N3O3. The fourth-order valence-electron chi connectivity index (χ4n) is 3.24. The average molecular weight is 283 g/mol. The van der Waals surface area contributed by atoms with Crippen LogP contribution in [0.15, 0.2) is 0 Å². The van der Waals surface area contributed by atoms with E-state index in [1.54, 1.807) is 0 Å². The zero-order valence-electron chi connectivity index (χ0n) is 12.3. The predicted octanol–water partition coefficient (Wildman–Crippen LogP) is 0.975. The van der Waals surface area contributed by atoms with E-state index in [9.17, 15) is 14.7 Å². The Hall–Kier alpha value is -1.30. The number of hydrogen-bond acceptors (Lipinski definition) is 3. The van der Waals surface area contributed by atoms with Crippen LogP contribution in [0.25, 0.3) is 0 Å². The first-order valence-electron chi connectivity index (χ1n) is 7.47. The molecule has 0 spiro atoms. The number of nitrogens with one attached hydrogen (secondary N) is 1. The molecule has 6 nitrogen and oxygen atoms in total. The van der Waals surface area contributed by atoms with Crippen molar-refractivity contribution in [1.82, 2.24) is 15.1 Å². The van der Waals surface area contributed by atoms with Crippen LogP contribution in [0.5, 0.6) is 0 Å². The number of rotatable bonds is 2. The van der Waals surface area contributed by atoms with E-state index in [0.29, 0.717) is 18.9 Å². The Labute approximate surface area is 120 Å². The van der Waals surface area contributed by atoms with E-state index in [2.05, 4.69) is 24.2 Å². The minimum Gasteiger partial charge on any atom is -0.480 e. The smallest absolute Gasteiger partial charge is 0.326 e. The minimum atomic E-state index is -0.892. The van der Waals surface area contributed by atoms with Gasteiger partial charge >= 0.3 is 12.0 Å². The molecule has 0 aromatic rings. The fourth-order valence-corrected chi connectivity index (χ4v) is 3.24. The highest BCUT2D eigenvalue weighted by atomic mass is 16.4. The van der Waals surface area contributed by atoms with Crippen LogP contribution in [-0.4, -0.2) is 65.7 Å². The molecule has 0 aliphatic carbocycles. The maximum atomic E-state index is 12.3. The normalized spacial score (nSPS) is 31.9. The standard InChI is InChI=1S/C14H25N3O3/c1-10-9-16(2)8-6-11(10)15-14(20)17-7-4-3-5-12(17)13(18)19/h10-12H,3-9H2,1-2H3,(H,15,20)(H,18,19). The summed E-state index contributed by atoms with van der Waals surface area (Å²) in [6, 6.07) is -0.723. The summed E-state index contributed by atoms with van der Waals surface area (Å²) in [7, 11) is 2.08. The number of aliphatic carboxylic acids is 1. The van der Waals surface area contributed by atoms with Crippen LogP contribution in [0.4, 0.5) is 4.79 Å². The lowest BCUT2D eigenvalue weighted by Gasteiger charge is -2.38. The number of hydrogen-bond donors (Lipinski definition) is 2. The van der Waals surface area contributed by atoms with Gasteiger partial charge in [-0.2, -0.15) is 0 Å². The van der Waals surface area contributed by atoms with E-state index in [-0.39, 0.29) is 12.1 Å². The average Bonchev–Trinajstić information content (AvgIpc) is 2.41. The van der Waals surface area contributed by atoms with Crippen molar-refractivity contribution in [3.05, 3.63) is 0 Å². The highest BCUT2D eigenvalue weighted by molar-refractivity contribution is 5.83. The highest BCUT2D eigenvalue weighted by Crippen LogP contribution is 2.19. The first-order chi connectivity index (χ1) is 9.49. The number of carbonyl (C=O) groups excluding carboxylic acids is 1. The molecule has 3 atom stereocenters. The second-order valence-electron chi connectivity index (χ2n) is 6.13. The molecule has 6 heteroatoms. The molecule has 0 aromatic heterocycles. The van der Waals surface area contributed by atoms with Crippen molar-refractivity contribution in [2.45, 2.75) is 44.7 Å². The van der Waals surface area contributed by atoms with Crippen LogP contribution in [0.2, 0.25) is 0 Å². The third-order valence-electron chi connectivity index (χ3n) is 4.47. The van der Waals surface area contributed by atoms with Crippen molar-refractivity contribution in [3.8, 4) is 0 Å². The van der Waals surface area contributed by atoms with Gasteiger partial charge in [-0.3, -0.25) is 0 Å². The number of urea groups is 1. The van der Waals surface area contributed by atoms with Gasteiger partial charge in [0.05, 0.1) is 0 Å². The molecule has 2 fully saturated rings. The lowest BCUT2D eigenvalue weighted by molar-refractivity contribution is -0.143. The number of carboxylic acids is 1. The van der Waals surface area contributed by atoms with Gasteiger partial charge in [-0.25, -0.2) is 9.59 Å². The fraction of sp³-hybridized carbons (Fsp3) is 0.857. The van der Waals surface area contributed by atoms with Crippen molar-refractivity contribution < 1.29 is 14.7 Å². The van der Waals surface area contributed by atoms with Crippen LogP contribution >= 0.6 is 0 Å². The highest BCUT2D eigenvalue weighted by Gasteiger charge is 2.34. The van der Waals surface area contributed by atoms with E-state index in [0.717, 1.165) is 32.4 Å². The largest absolute Gasteiger partial charge is 0.480 e. The number of carbonyl (C=O) groups is 2. The van der Waals surface area contributed by atoms with Crippen LogP contribution in [0, 0.1) is 5.92 Å². The van der Waals surface area contributed by atoms with Crippen molar-refractivity contribution in [3.63, 3.8) is 0 Å². The van der Waals surface area contributed by atoms with Crippen LogP contribution in [0.3, 0.4) is 0 Å². The Balaban J connectivity index is 1.94. The molecule has 0 saturated carbocycles. The first-order valence-corrected chi connectivity index (χ1v) is 7.47. The van der Waals surface area contributed by atoms with Gasteiger partial charge in [0, 0.05) is 19.1 Å². The maximum absolute atomic E-state index is 12.3. The summed E-state index contributed by atoms with van der Waals surface area (Å²) >= 11 is 0. The number of amides is 2. The number of piperidine rings is 2. The molecule has 20 heavy (non-hydrogen) atoms. The summed E-state index contributed by atoms with van der Waals surface area (Å²) in [5, 5.41) is 12.3. The van der Waals surface area contributed by atoms with Gasteiger partial charge in [-0.15, -0.1) is 0 Å². The first kappa shape index (κ1) is 15.1. The molecule has 2 rings (SSSR count). The predicted molar refractivity (Wildman–Crippen MR) is 75.6 cm³/mol. The third-order valence-corrected chi connectivity index (χ3v) is 4.47. The Kier molecular flexibility index (Phi) is 4.86. The Morgan fingerprint density at radius 2 is 1.95 bits per heavy atom. The SMILES string of the molecule is CC1CN(C)CCC1NC(=O)N1CCCCC1C(=O)O. The number of nitrogens with zero attached hydrogens (tertiary/aromatic N) is 2. The van der Waals surface area contributed by atoms with E-state index in [1.165, 1.54) is 4.90 Å². The number of carboxylic acid groups (broad SMARTS) is 1. The van der Waals surface area contributed by atoms with Crippen LogP contribution in [-0.2, 0) is 4.79 Å². The lowest BCUT2D eigenvalue weighted by Crippen LogP contribution is -2.56. The summed E-state index contributed by atoms with van der Waals surface area (Å²) in [5.41, 5.74) is 0. The molecule has 2 N–H and O–H groups in total. The zero-order valence-corrected chi connectivity index (χ0v) is 12.3. The Morgan fingerprint density at radius 3 is 2.60 bits per heavy atom. The summed E-state index contributed by atoms with van der Waals surface area (Å²) in [6.45, 7) is 4.61. The second kappa shape index (κ2) is 6.43. The summed E-state index contributed by atoms with van der Waals surface area (Å²) in [6.07, 6.45) is 3.26. The third kappa shape index (κ3) is 3.42. The van der Waals surface area contributed by atoms with E-state index < -0.39 is 12.0 Å². The van der Waals surface area contributed by atoms with E-state index in [4.69, 9.17) is 0 Å². The molecule has 2 aliphatic heterocycles. The molecule has 114 valence electrons. The summed E-state index contributed by atoms with van der Waals surface area (Å²) < 4.78 is 0. The second-order valence-corrected chi connectivity index (χ2v) is 6.13. The van der Waals surface area contributed by atoms with Gasteiger partial charge in [0.2, 0.25) is 0 Å². The van der Waals surface area contributed by atoms with Crippen molar-refractivity contribution in [2.24, 2.45) is 5.92 Å². The molecular weight excluding hydrogens is 258 g/mol. The molecule has 2 aliphatic rings. The van der Waals surface area contributed by atoms with Crippen molar-refractivity contribution in [2.75, 3.05) is 26.7 Å². The molecule has 2 amide bonds. The van der Waals surface area contributed by atoms with Crippen molar-refractivity contribution >= 4 is 12.0 Å². The van der Waals surface area contributed by atoms with Crippen LogP contribution < -0.4 is 5.32 Å². The van der Waals surface area contributed by atoms with Gasteiger partial charge < -0.3 is 20.2 Å². The topological polar surface area (TPSA) is 72.9 Å². The molecule has 0 aromatic carbocycles. The van der Waals surface area contributed by atoms with Gasteiger partial charge in [0.15, 0.2) is 0 Å². The van der Waals surface area contributed by atoms with Crippen LogP contribution in [0.1, 0.15) is 32.6 Å². The van der Waals surface area contributed by atoms with Gasteiger partial charge in [-0.1, -0.05) is 6.92 Å². The monoisotopic (exact) mass is 283 g/mol. The van der Waals surface area contributed by atoms with E-state index in [1.807, 2.05) is 0 Å². The molecule has 0 bridgehead atoms. The maximum Gasteiger partial charge on any atom is 0.326 e. The van der Waals surface area contributed by atoms with Gasteiger partial charge in [0.1, 0.15) is 6.04 Å². The molecule has 2 saturated heterocycles. The quantitative estimate of drug-likeness (QED) is 0.792. The molecule has 2 heterocycles. The lowest BCUT2D eigenvalue weighted by atomic mass is 9.94. The Morgan fingerprint density at radius 1 is 1.20 bits per heavy atom. The minimum absolute atomic E-state index is 0.148. The zero-order chi connectivity index (χ0) is 14.7. The van der Waals surface area contributed by atoms with Crippen molar-refractivity contribution in [1.29, 1.82) is 0 Å². The summed E-state index contributed by atoms with van der Waals surface area (Å²) in [5.74, 6) is -0.498. The van der Waals surface area contributed by atoms with Gasteiger partial charge in [-0.05, 0) is 45.2 Å².